The van der Waals surface area contributed by atoms with Crippen molar-refractivity contribution in [3.8, 4) is 67.3 Å². The Hall–Kier alpha value is -6.88. The predicted molar refractivity (Wildman–Crippen MR) is 254 cm³/mol. The Morgan fingerprint density at radius 2 is 1.12 bits per heavy atom. The van der Waals surface area contributed by atoms with Crippen molar-refractivity contribution in [3.63, 3.8) is 0 Å². The number of hydrogen-bond acceptors (Lipinski definition) is 4. The Bertz CT molecular complexity index is 3010. The van der Waals surface area contributed by atoms with Crippen LogP contribution in [0.3, 0.4) is 0 Å². The second-order valence-corrected chi connectivity index (χ2v) is 16.4. The third-order valence-electron chi connectivity index (χ3n) is 12.0. The summed E-state index contributed by atoms with van der Waals surface area (Å²) in [6.07, 6.45) is 16.4. The minimum atomic E-state index is -0.400. The van der Waals surface area contributed by atoms with Crippen molar-refractivity contribution >= 4 is 22.7 Å². The minimum absolute atomic E-state index is 0.400. The molecule has 1 unspecified atom stereocenters. The standard InChI is InChI=1S/C56H43N3S/c1-3-48-53(4-2)60-34-14-6-5-13-32-56(48)49-30-28-43(45-23-15-21-42-22-16-33-57-54(42)45)35-46(49)47-36-44(29-31-50(47)56)55-58-51(40-19-11-8-12-20-40)37-52(59-55)41-26-24-39(25-27-41)38-17-9-7-10-18-38/h3-31,33,35-37H,32,34H2,1-2H3/b13-5-,14-6-,48-3?,53-4+. The van der Waals surface area contributed by atoms with E-state index in [1.807, 2.05) is 30.1 Å². The quantitative estimate of drug-likeness (QED) is 0.174. The van der Waals surface area contributed by atoms with E-state index in [9.17, 15) is 0 Å². The summed E-state index contributed by atoms with van der Waals surface area (Å²) >= 11 is 1.91. The maximum absolute atomic E-state index is 5.33. The summed E-state index contributed by atoms with van der Waals surface area (Å²) in [5, 5.41) is 1.13. The lowest BCUT2D eigenvalue weighted by molar-refractivity contribution is 0.640. The van der Waals surface area contributed by atoms with Gasteiger partial charge in [0, 0.05) is 44.5 Å². The molecule has 0 radical (unpaired) electrons. The van der Waals surface area contributed by atoms with Crippen LogP contribution in [0.25, 0.3) is 78.2 Å². The number of thioether (sulfide) groups is 1. The normalized spacial score (nSPS) is 18.4. The number of pyridine rings is 1. The molecule has 1 spiro atoms. The molecule has 0 saturated carbocycles. The largest absolute Gasteiger partial charge is 0.256 e. The number of fused-ring (bicyclic) bond motifs is 6. The van der Waals surface area contributed by atoms with Crippen molar-refractivity contribution in [2.24, 2.45) is 0 Å². The number of para-hydroxylation sites is 1. The molecule has 6 aromatic carbocycles. The number of aromatic nitrogens is 3. The van der Waals surface area contributed by atoms with Crippen LogP contribution in [0, 0.1) is 0 Å². The van der Waals surface area contributed by atoms with Gasteiger partial charge in [-0.15, -0.1) is 11.8 Å². The third-order valence-corrected chi connectivity index (χ3v) is 13.1. The Morgan fingerprint density at radius 3 is 1.83 bits per heavy atom. The molecule has 0 bridgehead atoms. The molecule has 8 aromatic rings. The van der Waals surface area contributed by atoms with Crippen LogP contribution >= 0.6 is 11.8 Å². The van der Waals surface area contributed by atoms with Crippen LogP contribution in [0.2, 0.25) is 0 Å². The van der Waals surface area contributed by atoms with Crippen molar-refractivity contribution in [1.82, 2.24) is 15.0 Å². The van der Waals surface area contributed by atoms with Gasteiger partial charge in [0.2, 0.25) is 0 Å². The highest BCUT2D eigenvalue weighted by atomic mass is 32.2. The van der Waals surface area contributed by atoms with E-state index in [0.29, 0.717) is 5.82 Å². The Labute approximate surface area is 356 Å². The van der Waals surface area contributed by atoms with Crippen molar-refractivity contribution in [2.75, 3.05) is 5.75 Å². The molecular weight excluding hydrogens is 747 g/mol. The number of benzene rings is 6. The molecule has 2 aromatic heterocycles. The first kappa shape index (κ1) is 37.4. The Balaban J connectivity index is 1.18. The molecule has 0 N–H and O–H groups in total. The molecule has 0 fully saturated rings. The molecule has 2 aliphatic rings. The van der Waals surface area contributed by atoms with E-state index in [4.69, 9.17) is 15.0 Å². The van der Waals surface area contributed by atoms with Gasteiger partial charge in [-0.1, -0.05) is 170 Å². The second kappa shape index (κ2) is 16.1. The molecule has 10 rings (SSSR count). The summed E-state index contributed by atoms with van der Waals surface area (Å²) in [7, 11) is 0. The lowest BCUT2D eigenvalue weighted by Crippen LogP contribution is -2.28. The second-order valence-electron chi connectivity index (χ2n) is 15.3. The van der Waals surface area contributed by atoms with Gasteiger partial charge in [0.15, 0.2) is 5.82 Å². The fraction of sp³-hybridized carbons (Fsp3) is 0.0893. The topological polar surface area (TPSA) is 38.7 Å². The summed E-state index contributed by atoms with van der Waals surface area (Å²) in [6, 6.07) is 56.4. The average Bonchev–Trinajstić information content (AvgIpc) is 3.59. The van der Waals surface area contributed by atoms with Gasteiger partial charge in [0.05, 0.1) is 22.3 Å². The monoisotopic (exact) mass is 789 g/mol. The first-order valence-corrected chi connectivity index (χ1v) is 21.7. The van der Waals surface area contributed by atoms with Crippen LogP contribution in [-0.4, -0.2) is 20.7 Å². The highest BCUT2D eigenvalue weighted by Crippen LogP contribution is 2.58. The first-order chi connectivity index (χ1) is 29.6. The van der Waals surface area contributed by atoms with Crippen LogP contribution in [0.4, 0.5) is 0 Å². The van der Waals surface area contributed by atoms with Gasteiger partial charge in [-0.25, -0.2) is 9.97 Å². The van der Waals surface area contributed by atoms with Gasteiger partial charge in [0.25, 0.3) is 0 Å². The number of allylic oxidation sites excluding steroid dienone is 6. The molecule has 0 saturated heterocycles. The van der Waals surface area contributed by atoms with Gasteiger partial charge in [-0.3, -0.25) is 4.98 Å². The van der Waals surface area contributed by atoms with Crippen LogP contribution in [0.1, 0.15) is 31.4 Å². The van der Waals surface area contributed by atoms with E-state index in [1.165, 1.54) is 43.9 Å². The SMILES string of the molecule is CC=C1/C(=C\C)SC/C=C\C=C/CC12c1ccc(-c3nc(-c4ccccc4)cc(-c4ccc(-c5ccccc5)cc4)n3)cc1-c1cc(-c3cccc4cccnc34)ccc12. The summed E-state index contributed by atoms with van der Waals surface area (Å²) in [5.41, 5.74) is 16.5. The van der Waals surface area contributed by atoms with E-state index < -0.39 is 5.41 Å². The molecule has 288 valence electrons. The van der Waals surface area contributed by atoms with E-state index in [2.05, 4.69) is 196 Å². The Kier molecular flexibility index (Phi) is 10.0. The molecule has 1 aliphatic heterocycles. The summed E-state index contributed by atoms with van der Waals surface area (Å²) < 4.78 is 0. The molecule has 3 heterocycles. The maximum Gasteiger partial charge on any atom is 0.160 e. The molecule has 0 amide bonds. The van der Waals surface area contributed by atoms with E-state index in [0.717, 1.165) is 62.3 Å². The zero-order valence-corrected chi connectivity index (χ0v) is 34.5. The van der Waals surface area contributed by atoms with Crippen LogP contribution in [-0.2, 0) is 5.41 Å². The highest BCUT2D eigenvalue weighted by molar-refractivity contribution is 8.03. The molecular formula is C56H43N3S. The van der Waals surface area contributed by atoms with E-state index in [1.54, 1.807) is 0 Å². The van der Waals surface area contributed by atoms with Gasteiger partial charge < -0.3 is 0 Å². The van der Waals surface area contributed by atoms with E-state index in [-0.39, 0.29) is 0 Å². The fourth-order valence-electron chi connectivity index (χ4n) is 9.14. The number of hydrogen-bond donors (Lipinski definition) is 0. The van der Waals surface area contributed by atoms with Crippen molar-refractivity contribution in [3.05, 3.63) is 222 Å². The van der Waals surface area contributed by atoms with Crippen LogP contribution in [0.15, 0.2) is 211 Å². The van der Waals surface area contributed by atoms with Crippen LogP contribution in [0.5, 0.6) is 0 Å². The number of rotatable bonds is 5. The van der Waals surface area contributed by atoms with Crippen molar-refractivity contribution < 1.29 is 0 Å². The molecule has 1 atom stereocenters. The summed E-state index contributed by atoms with van der Waals surface area (Å²) in [6.45, 7) is 4.37. The summed E-state index contributed by atoms with van der Waals surface area (Å²) in [5.74, 6) is 1.61. The minimum Gasteiger partial charge on any atom is -0.256 e. The lowest BCUT2D eigenvalue weighted by Gasteiger charge is -2.36. The highest BCUT2D eigenvalue weighted by Gasteiger charge is 2.46. The number of nitrogens with zero attached hydrogens (tertiary/aromatic N) is 3. The molecule has 1 aliphatic carbocycles. The van der Waals surface area contributed by atoms with Crippen molar-refractivity contribution in [2.45, 2.75) is 25.7 Å². The van der Waals surface area contributed by atoms with E-state index >= 15 is 0 Å². The maximum atomic E-state index is 5.33. The lowest BCUT2D eigenvalue weighted by atomic mass is 9.69. The average molecular weight is 790 g/mol. The zero-order valence-electron chi connectivity index (χ0n) is 33.7. The third kappa shape index (κ3) is 6.63. The first-order valence-electron chi connectivity index (χ1n) is 20.7. The fourth-order valence-corrected chi connectivity index (χ4v) is 10.1. The van der Waals surface area contributed by atoms with Crippen molar-refractivity contribution in [1.29, 1.82) is 0 Å². The van der Waals surface area contributed by atoms with Crippen LogP contribution < -0.4 is 0 Å². The zero-order chi connectivity index (χ0) is 40.5. The molecule has 60 heavy (non-hydrogen) atoms. The van der Waals surface area contributed by atoms with Gasteiger partial charge >= 0.3 is 0 Å². The summed E-state index contributed by atoms with van der Waals surface area (Å²) in [4.78, 5) is 16.8. The molecule has 4 heteroatoms. The Morgan fingerprint density at radius 1 is 0.517 bits per heavy atom. The molecule has 3 nitrogen and oxygen atoms in total. The predicted octanol–water partition coefficient (Wildman–Crippen LogP) is 14.7. The van der Waals surface area contributed by atoms with Gasteiger partial charge in [0.1, 0.15) is 0 Å². The van der Waals surface area contributed by atoms with Gasteiger partial charge in [-0.05, 0) is 89.1 Å². The smallest absolute Gasteiger partial charge is 0.160 e. The van der Waals surface area contributed by atoms with Gasteiger partial charge in [-0.2, -0.15) is 0 Å².